The number of hydrogen-bond acceptors (Lipinski definition) is 4. The van der Waals surface area contributed by atoms with Gasteiger partial charge in [-0.2, -0.15) is 0 Å². The number of benzene rings is 1. The van der Waals surface area contributed by atoms with Gasteiger partial charge in [-0.05, 0) is 23.1 Å². The molecule has 0 fully saturated rings. The first-order valence-corrected chi connectivity index (χ1v) is 5.14. The zero-order valence-corrected chi connectivity index (χ0v) is 8.53. The summed E-state index contributed by atoms with van der Waals surface area (Å²) in [5.74, 6) is 0. The average Bonchev–Trinajstić information content (AvgIpc) is 2.48. The van der Waals surface area contributed by atoms with Gasteiger partial charge in [0.25, 0.3) is 0 Å². The van der Waals surface area contributed by atoms with E-state index in [0.29, 0.717) is 5.69 Å². The lowest BCUT2D eigenvalue weighted by Crippen LogP contribution is -1.87. The summed E-state index contributed by atoms with van der Waals surface area (Å²) in [6, 6.07) is 3.79. The molecule has 2 nitrogen and oxygen atoms in total. The van der Waals surface area contributed by atoms with Crippen molar-refractivity contribution in [1.82, 2.24) is 0 Å². The van der Waals surface area contributed by atoms with E-state index in [2.05, 4.69) is 12.6 Å². The topological polar surface area (TPSA) is 46.2 Å². The molecule has 2 rings (SSSR count). The number of anilines is 1. The Hall–Kier alpha value is -0.710. The van der Waals surface area contributed by atoms with E-state index in [4.69, 9.17) is 10.8 Å². The highest BCUT2D eigenvalue weighted by Crippen LogP contribution is 2.31. The molecule has 0 amide bonds. The molecule has 0 aliphatic rings. The summed E-state index contributed by atoms with van der Waals surface area (Å²) >= 11 is 5.83. The van der Waals surface area contributed by atoms with Crippen LogP contribution in [0.4, 0.5) is 5.69 Å². The molecule has 0 unspecified atom stereocenters. The highest BCUT2D eigenvalue weighted by Gasteiger charge is 2.05. The van der Waals surface area contributed by atoms with Crippen molar-refractivity contribution in [3.63, 3.8) is 0 Å². The third kappa shape index (κ3) is 1.41. The SMILES string of the molecule is Nc1cc2c(CO)csc2cc1S. The van der Waals surface area contributed by atoms with Crippen molar-refractivity contribution in [2.45, 2.75) is 11.5 Å². The van der Waals surface area contributed by atoms with E-state index >= 15 is 0 Å². The van der Waals surface area contributed by atoms with Crippen LogP contribution >= 0.6 is 24.0 Å². The van der Waals surface area contributed by atoms with Gasteiger partial charge in [0.05, 0.1) is 6.61 Å². The van der Waals surface area contributed by atoms with Gasteiger partial charge in [-0.1, -0.05) is 0 Å². The predicted molar refractivity (Wildman–Crippen MR) is 59.4 cm³/mol. The van der Waals surface area contributed by atoms with Crippen LogP contribution in [0.15, 0.2) is 22.4 Å². The summed E-state index contributed by atoms with van der Waals surface area (Å²) in [6.07, 6.45) is 0. The monoisotopic (exact) mass is 211 g/mol. The highest BCUT2D eigenvalue weighted by molar-refractivity contribution is 7.80. The standard InChI is InChI=1S/C9H9NOS2/c10-7-1-6-5(3-11)4-13-9(6)2-8(7)12/h1-2,4,11-12H,3,10H2. The van der Waals surface area contributed by atoms with Crippen LogP contribution in [0.25, 0.3) is 10.1 Å². The lowest BCUT2D eigenvalue weighted by molar-refractivity contribution is 0.284. The van der Waals surface area contributed by atoms with Crippen LogP contribution in [0.5, 0.6) is 0 Å². The number of nitrogen functional groups attached to an aromatic ring is 1. The van der Waals surface area contributed by atoms with E-state index in [0.717, 1.165) is 20.5 Å². The molecule has 68 valence electrons. The van der Waals surface area contributed by atoms with Crippen molar-refractivity contribution in [3.8, 4) is 0 Å². The van der Waals surface area contributed by atoms with Crippen LogP contribution in [0.3, 0.4) is 0 Å². The van der Waals surface area contributed by atoms with Crippen molar-refractivity contribution in [2.75, 3.05) is 5.73 Å². The Balaban J connectivity index is 2.77. The molecule has 0 aliphatic heterocycles. The van der Waals surface area contributed by atoms with Gasteiger partial charge in [0.2, 0.25) is 0 Å². The molecular weight excluding hydrogens is 202 g/mol. The summed E-state index contributed by atoms with van der Waals surface area (Å²) in [5, 5.41) is 12.0. The third-order valence-electron chi connectivity index (χ3n) is 1.97. The minimum absolute atomic E-state index is 0.0609. The van der Waals surface area contributed by atoms with Crippen molar-refractivity contribution in [2.24, 2.45) is 0 Å². The molecule has 0 atom stereocenters. The molecule has 4 heteroatoms. The second kappa shape index (κ2) is 3.21. The molecule has 0 spiro atoms. The second-order valence-corrected chi connectivity index (χ2v) is 4.22. The molecule has 0 aliphatic carbocycles. The van der Waals surface area contributed by atoms with Crippen LogP contribution in [-0.2, 0) is 6.61 Å². The summed E-state index contributed by atoms with van der Waals surface area (Å²) in [7, 11) is 0. The first kappa shape index (κ1) is 8.87. The van der Waals surface area contributed by atoms with Crippen LogP contribution in [-0.4, -0.2) is 5.11 Å². The Morgan fingerprint density at radius 2 is 2.23 bits per heavy atom. The van der Waals surface area contributed by atoms with E-state index in [1.807, 2.05) is 17.5 Å². The number of nitrogens with two attached hydrogens (primary N) is 1. The zero-order valence-electron chi connectivity index (χ0n) is 6.82. The lowest BCUT2D eigenvalue weighted by atomic mass is 10.2. The van der Waals surface area contributed by atoms with Crippen molar-refractivity contribution < 1.29 is 5.11 Å². The number of thiol groups is 1. The Kier molecular flexibility index (Phi) is 2.19. The molecule has 3 N–H and O–H groups in total. The predicted octanol–water partition coefficient (Wildman–Crippen LogP) is 2.26. The number of thiophene rings is 1. The molecule has 0 radical (unpaired) electrons. The van der Waals surface area contributed by atoms with Gasteiger partial charge in [0.1, 0.15) is 0 Å². The van der Waals surface area contributed by atoms with E-state index in [1.165, 1.54) is 0 Å². The van der Waals surface area contributed by atoms with E-state index in [1.54, 1.807) is 11.3 Å². The normalized spacial score (nSPS) is 10.9. The fourth-order valence-electron chi connectivity index (χ4n) is 1.25. The van der Waals surface area contributed by atoms with Crippen LogP contribution < -0.4 is 5.73 Å². The number of fused-ring (bicyclic) bond motifs is 1. The third-order valence-corrected chi connectivity index (χ3v) is 3.35. The number of aliphatic hydroxyl groups is 1. The first-order chi connectivity index (χ1) is 6.22. The Morgan fingerprint density at radius 1 is 1.46 bits per heavy atom. The Labute approximate surface area is 85.4 Å². The quantitative estimate of drug-likeness (QED) is 0.500. The fourth-order valence-corrected chi connectivity index (χ4v) is 2.51. The molecule has 1 heterocycles. The van der Waals surface area contributed by atoms with Gasteiger partial charge in [0, 0.05) is 20.7 Å². The summed E-state index contributed by atoms with van der Waals surface area (Å²) in [6.45, 7) is 0.0609. The Bertz CT molecular complexity index is 450. The van der Waals surface area contributed by atoms with Gasteiger partial charge in [-0.15, -0.1) is 24.0 Å². The smallest absolute Gasteiger partial charge is 0.0696 e. The van der Waals surface area contributed by atoms with Crippen molar-refractivity contribution in [1.29, 1.82) is 0 Å². The van der Waals surface area contributed by atoms with Crippen molar-refractivity contribution in [3.05, 3.63) is 23.1 Å². The maximum atomic E-state index is 9.03. The molecule has 0 saturated heterocycles. The lowest BCUT2D eigenvalue weighted by Gasteiger charge is -1.99. The maximum Gasteiger partial charge on any atom is 0.0696 e. The van der Waals surface area contributed by atoms with Crippen molar-refractivity contribution >= 4 is 39.7 Å². The maximum absolute atomic E-state index is 9.03. The van der Waals surface area contributed by atoms with E-state index in [-0.39, 0.29) is 6.61 Å². The number of hydrogen-bond donors (Lipinski definition) is 3. The molecule has 0 saturated carbocycles. The van der Waals surface area contributed by atoms with Crippen LogP contribution in [0, 0.1) is 0 Å². The number of aliphatic hydroxyl groups excluding tert-OH is 1. The molecule has 13 heavy (non-hydrogen) atoms. The van der Waals surface area contributed by atoms with Gasteiger partial charge in [-0.3, -0.25) is 0 Å². The Morgan fingerprint density at radius 3 is 2.92 bits per heavy atom. The zero-order chi connectivity index (χ0) is 9.42. The summed E-state index contributed by atoms with van der Waals surface area (Å²) in [5.41, 5.74) is 7.30. The van der Waals surface area contributed by atoms with Crippen LogP contribution in [0.2, 0.25) is 0 Å². The van der Waals surface area contributed by atoms with Gasteiger partial charge >= 0.3 is 0 Å². The molecule has 2 aromatic rings. The largest absolute Gasteiger partial charge is 0.398 e. The number of rotatable bonds is 1. The first-order valence-electron chi connectivity index (χ1n) is 3.82. The second-order valence-electron chi connectivity index (χ2n) is 2.83. The molecule has 1 aromatic heterocycles. The van der Waals surface area contributed by atoms with Crippen LogP contribution in [0.1, 0.15) is 5.56 Å². The summed E-state index contributed by atoms with van der Waals surface area (Å²) in [4.78, 5) is 0.791. The van der Waals surface area contributed by atoms with Gasteiger partial charge in [0.15, 0.2) is 0 Å². The van der Waals surface area contributed by atoms with Gasteiger partial charge in [-0.25, -0.2) is 0 Å². The molecule has 0 bridgehead atoms. The van der Waals surface area contributed by atoms with E-state index < -0.39 is 0 Å². The molecular formula is C9H9NOS2. The van der Waals surface area contributed by atoms with Gasteiger partial charge < -0.3 is 10.8 Å². The minimum Gasteiger partial charge on any atom is -0.398 e. The average molecular weight is 211 g/mol. The molecule has 1 aromatic carbocycles. The fraction of sp³-hybridized carbons (Fsp3) is 0.111. The minimum atomic E-state index is 0.0609. The highest BCUT2D eigenvalue weighted by atomic mass is 32.1. The summed E-state index contributed by atoms with van der Waals surface area (Å²) < 4.78 is 1.11. The van der Waals surface area contributed by atoms with E-state index in [9.17, 15) is 0 Å².